The zero-order chi connectivity index (χ0) is 19.2. The van der Waals surface area contributed by atoms with Crippen LogP contribution in [0, 0.1) is 0 Å². The van der Waals surface area contributed by atoms with Gasteiger partial charge in [0.05, 0.1) is 12.2 Å². The van der Waals surface area contributed by atoms with E-state index in [1.807, 2.05) is 0 Å². The van der Waals surface area contributed by atoms with Crippen molar-refractivity contribution < 1.29 is 4.74 Å². The predicted molar refractivity (Wildman–Crippen MR) is 117 cm³/mol. The molecule has 0 N–H and O–H groups in total. The number of hydrogen-bond donors (Lipinski definition) is 0. The fourth-order valence-electron chi connectivity index (χ4n) is 3.64. The molecule has 148 valence electrons. The van der Waals surface area contributed by atoms with Crippen molar-refractivity contribution in [3.8, 4) is 0 Å². The molecule has 1 heteroatoms. The summed E-state index contributed by atoms with van der Waals surface area (Å²) in [5.74, 6) is 0. The maximum absolute atomic E-state index is 6.70. The van der Waals surface area contributed by atoms with Gasteiger partial charge in [-0.2, -0.15) is 0 Å². The second kappa shape index (κ2) is 13.6. The van der Waals surface area contributed by atoms with Crippen LogP contribution in [0.1, 0.15) is 76.3 Å². The van der Waals surface area contributed by atoms with Crippen molar-refractivity contribution in [3.63, 3.8) is 0 Å². The highest BCUT2D eigenvalue weighted by Crippen LogP contribution is 2.20. The summed E-state index contributed by atoms with van der Waals surface area (Å²) in [4.78, 5) is 0. The van der Waals surface area contributed by atoms with Gasteiger partial charge in [0.1, 0.15) is 0 Å². The lowest BCUT2D eigenvalue weighted by Gasteiger charge is -2.25. The van der Waals surface area contributed by atoms with Crippen LogP contribution in [-0.4, -0.2) is 12.2 Å². The number of ether oxygens (including phenoxy) is 1. The van der Waals surface area contributed by atoms with E-state index in [1.165, 1.54) is 49.7 Å². The molecule has 0 amide bonds. The van der Waals surface area contributed by atoms with Crippen molar-refractivity contribution in [2.75, 3.05) is 0 Å². The van der Waals surface area contributed by atoms with Crippen molar-refractivity contribution >= 4 is 0 Å². The van der Waals surface area contributed by atoms with Crippen LogP contribution in [0.25, 0.3) is 0 Å². The number of unbranched alkanes of at least 4 members (excludes halogenated alkanes) is 2. The lowest BCUT2D eigenvalue weighted by Crippen LogP contribution is -2.24. The molecule has 0 heterocycles. The van der Waals surface area contributed by atoms with Gasteiger partial charge in [0, 0.05) is 0 Å². The zero-order valence-electron chi connectivity index (χ0n) is 17.4. The Kier molecular flexibility index (Phi) is 10.9. The number of rotatable bonds is 14. The van der Waals surface area contributed by atoms with Crippen molar-refractivity contribution in [2.24, 2.45) is 0 Å². The minimum absolute atomic E-state index is 0.391. The van der Waals surface area contributed by atoms with E-state index in [1.54, 1.807) is 0 Å². The molecule has 2 aromatic carbocycles. The molecule has 1 nitrogen and oxygen atoms in total. The first-order valence-corrected chi connectivity index (χ1v) is 11.0. The summed E-state index contributed by atoms with van der Waals surface area (Å²) in [6.07, 6.45) is 12.7. The van der Waals surface area contributed by atoms with Crippen LogP contribution in [0.3, 0.4) is 0 Å². The number of benzene rings is 2. The van der Waals surface area contributed by atoms with Gasteiger partial charge in [-0.1, -0.05) is 100 Å². The molecule has 0 aromatic heterocycles. The summed E-state index contributed by atoms with van der Waals surface area (Å²) in [5, 5.41) is 0. The average molecular weight is 367 g/mol. The number of aryl methyl sites for hydroxylation is 2. The van der Waals surface area contributed by atoms with E-state index in [0.717, 1.165) is 25.7 Å². The van der Waals surface area contributed by atoms with E-state index < -0.39 is 0 Å². The van der Waals surface area contributed by atoms with E-state index >= 15 is 0 Å². The maximum Gasteiger partial charge on any atom is 0.0582 e. The SMILES string of the molecule is CCCCC(CCc1ccccc1)OC(CCCC)CCc1ccccc1. The van der Waals surface area contributed by atoms with Crippen LogP contribution >= 0.6 is 0 Å². The van der Waals surface area contributed by atoms with E-state index in [0.29, 0.717) is 12.2 Å². The Morgan fingerprint density at radius 3 is 1.37 bits per heavy atom. The Balaban J connectivity index is 1.90. The average Bonchev–Trinajstić information content (AvgIpc) is 2.73. The molecule has 2 rings (SSSR count). The van der Waals surface area contributed by atoms with Crippen LogP contribution in [0.2, 0.25) is 0 Å². The minimum Gasteiger partial charge on any atom is -0.375 e. The first kappa shape index (κ1) is 21.7. The second-order valence-electron chi connectivity index (χ2n) is 7.71. The zero-order valence-corrected chi connectivity index (χ0v) is 17.4. The molecule has 0 aliphatic carbocycles. The highest BCUT2D eigenvalue weighted by molar-refractivity contribution is 5.15. The Bertz CT molecular complexity index is 524. The monoisotopic (exact) mass is 366 g/mol. The van der Waals surface area contributed by atoms with Crippen LogP contribution in [0.4, 0.5) is 0 Å². The lowest BCUT2D eigenvalue weighted by atomic mass is 10.0. The van der Waals surface area contributed by atoms with Crippen LogP contribution in [0.15, 0.2) is 60.7 Å². The maximum atomic E-state index is 6.70. The summed E-state index contributed by atoms with van der Waals surface area (Å²) in [7, 11) is 0. The van der Waals surface area contributed by atoms with Crippen LogP contribution in [0.5, 0.6) is 0 Å². The van der Waals surface area contributed by atoms with Gasteiger partial charge in [0.2, 0.25) is 0 Å². The van der Waals surface area contributed by atoms with E-state index in [2.05, 4.69) is 74.5 Å². The van der Waals surface area contributed by atoms with Crippen molar-refractivity contribution in [1.82, 2.24) is 0 Å². The molecule has 0 spiro atoms. The fraction of sp³-hybridized carbons (Fsp3) is 0.538. The van der Waals surface area contributed by atoms with Crippen LogP contribution < -0.4 is 0 Å². The van der Waals surface area contributed by atoms with E-state index in [4.69, 9.17) is 4.74 Å². The highest BCUT2D eigenvalue weighted by Gasteiger charge is 2.17. The van der Waals surface area contributed by atoms with Gasteiger partial charge in [0.15, 0.2) is 0 Å². The second-order valence-corrected chi connectivity index (χ2v) is 7.71. The Hall–Kier alpha value is -1.60. The molecule has 0 aliphatic heterocycles. The molecule has 2 atom stereocenters. The molecule has 0 aliphatic rings. The normalized spacial score (nSPS) is 13.4. The molecule has 0 saturated heterocycles. The third kappa shape index (κ3) is 9.24. The summed E-state index contributed by atoms with van der Waals surface area (Å²) in [5.41, 5.74) is 2.86. The van der Waals surface area contributed by atoms with Gasteiger partial charge in [-0.05, 0) is 49.7 Å². The van der Waals surface area contributed by atoms with Crippen molar-refractivity contribution in [3.05, 3.63) is 71.8 Å². The van der Waals surface area contributed by atoms with Crippen molar-refractivity contribution in [2.45, 2.75) is 90.3 Å². The van der Waals surface area contributed by atoms with Gasteiger partial charge >= 0.3 is 0 Å². The molecule has 27 heavy (non-hydrogen) atoms. The minimum atomic E-state index is 0.391. The van der Waals surface area contributed by atoms with E-state index in [-0.39, 0.29) is 0 Å². The lowest BCUT2D eigenvalue weighted by molar-refractivity contribution is -0.0296. The summed E-state index contributed by atoms with van der Waals surface area (Å²) in [6.45, 7) is 4.55. The Morgan fingerprint density at radius 1 is 0.593 bits per heavy atom. The summed E-state index contributed by atoms with van der Waals surface area (Å²) < 4.78 is 6.70. The Morgan fingerprint density at radius 2 is 1.00 bits per heavy atom. The molecular formula is C26H38O. The molecule has 0 bridgehead atoms. The fourth-order valence-corrected chi connectivity index (χ4v) is 3.64. The highest BCUT2D eigenvalue weighted by atomic mass is 16.5. The van der Waals surface area contributed by atoms with Gasteiger partial charge in [-0.3, -0.25) is 0 Å². The Labute approximate surface area is 167 Å². The third-order valence-corrected chi connectivity index (χ3v) is 5.34. The molecular weight excluding hydrogens is 328 g/mol. The van der Waals surface area contributed by atoms with Gasteiger partial charge in [-0.15, -0.1) is 0 Å². The third-order valence-electron chi connectivity index (χ3n) is 5.34. The molecule has 0 fully saturated rings. The quantitative estimate of drug-likeness (QED) is 0.339. The predicted octanol–water partition coefficient (Wildman–Crippen LogP) is 7.39. The number of hydrogen-bond acceptors (Lipinski definition) is 1. The molecule has 2 unspecified atom stereocenters. The van der Waals surface area contributed by atoms with Crippen molar-refractivity contribution in [1.29, 1.82) is 0 Å². The topological polar surface area (TPSA) is 9.23 Å². The molecule has 0 saturated carbocycles. The first-order valence-electron chi connectivity index (χ1n) is 11.0. The van der Waals surface area contributed by atoms with Gasteiger partial charge in [-0.25, -0.2) is 0 Å². The molecule has 2 aromatic rings. The van der Waals surface area contributed by atoms with Gasteiger partial charge < -0.3 is 4.74 Å². The summed E-state index contributed by atoms with van der Waals surface area (Å²) >= 11 is 0. The van der Waals surface area contributed by atoms with Crippen LogP contribution in [-0.2, 0) is 17.6 Å². The molecule has 0 radical (unpaired) electrons. The van der Waals surface area contributed by atoms with E-state index in [9.17, 15) is 0 Å². The largest absolute Gasteiger partial charge is 0.375 e. The smallest absolute Gasteiger partial charge is 0.0582 e. The van der Waals surface area contributed by atoms with Gasteiger partial charge in [0.25, 0.3) is 0 Å². The summed E-state index contributed by atoms with van der Waals surface area (Å²) in [6, 6.07) is 21.7. The standard InChI is InChI=1S/C26H38O/c1-3-5-17-25(21-19-23-13-9-7-10-14-23)27-26(18-6-4-2)22-20-24-15-11-8-12-16-24/h7-16,25-26H,3-6,17-22H2,1-2H3. The first-order chi connectivity index (χ1) is 13.3.